The maximum atomic E-state index is 8.93. The summed E-state index contributed by atoms with van der Waals surface area (Å²) in [6, 6.07) is 0. The third-order valence-corrected chi connectivity index (χ3v) is 1.28. The summed E-state index contributed by atoms with van der Waals surface area (Å²) in [5.74, 6) is 0. The van der Waals surface area contributed by atoms with E-state index in [1.807, 2.05) is 6.08 Å². The van der Waals surface area contributed by atoms with Crippen molar-refractivity contribution in [3.05, 3.63) is 12.2 Å². The van der Waals surface area contributed by atoms with Gasteiger partial charge in [0.2, 0.25) is 0 Å². The molecule has 9 heavy (non-hydrogen) atoms. The van der Waals surface area contributed by atoms with Crippen LogP contribution in [0.3, 0.4) is 0 Å². The number of hydrogen-bond donors (Lipinski definition) is 2. The molecule has 3 heteroatoms. The minimum absolute atomic E-state index is 0.241. The molecule has 1 heterocycles. The Morgan fingerprint density at radius 3 is 3.00 bits per heavy atom. The maximum absolute atomic E-state index is 8.93. The number of aliphatic hydroxyl groups is 2. The van der Waals surface area contributed by atoms with Crippen LogP contribution in [0.15, 0.2) is 12.2 Å². The van der Waals surface area contributed by atoms with Gasteiger partial charge < -0.3 is 14.9 Å². The molecule has 1 aliphatic rings. The first-order valence-corrected chi connectivity index (χ1v) is 2.92. The summed E-state index contributed by atoms with van der Waals surface area (Å²) in [6.07, 6.45) is 2.52. The Balaban J connectivity index is 2.33. The lowest BCUT2D eigenvalue weighted by Gasteiger charge is -2.12. The first-order valence-electron chi connectivity index (χ1n) is 2.92. The first-order chi connectivity index (χ1) is 4.34. The van der Waals surface area contributed by atoms with E-state index in [0.29, 0.717) is 6.61 Å². The Kier molecular flexibility index (Phi) is 2.22. The number of ether oxygens (including phenoxy) is 1. The molecule has 0 aromatic heterocycles. The lowest BCUT2D eigenvalue weighted by atomic mass is 10.2. The monoisotopic (exact) mass is 130 g/mol. The summed E-state index contributed by atoms with van der Waals surface area (Å²) >= 11 is 0. The standard InChI is InChI=1S/C6H10O3/c7-4-5(8)6-2-1-3-9-6/h1-2,5-8H,3-4H2/t5-,6-/m0/s1. The van der Waals surface area contributed by atoms with Gasteiger partial charge in [-0.05, 0) is 0 Å². The second-order valence-corrected chi connectivity index (χ2v) is 1.98. The van der Waals surface area contributed by atoms with E-state index in [0.717, 1.165) is 0 Å². The molecule has 1 aliphatic heterocycles. The summed E-state index contributed by atoms with van der Waals surface area (Å²) in [6.45, 7) is 0.302. The van der Waals surface area contributed by atoms with Crippen LogP contribution in [0.25, 0.3) is 0 Å². The Bertz CT molecular complexity index is 111. The van der Waals surface area contributed by atoms with Crippen molar-refractivity contribution in [3.63, 3.8) is 0 Å². The van der Waals surface area contributed by atoms with Gasteiger partial charge in [0, 0.05) is 0 Å². The number of rotatable bonds is 2. The highest BCUT2D eigenvalue weighted by molar-refractivity contribution is 4.98. The molecule has 0 saturated carbocycles. The van der Waals surface area contributed by atoms with Gasteiger partial charge in [0.05, 0.1) is 13.2 Å². The molecule has 0 fully saturated rings. The van der Waals surface area contributed by atoms with Crippen molar-refractivity contribution < 1.29 is 14.9 Å². The van der Waals surface area contributed by atoms with Crippen LogP contribution in [0.5, 0.6) is 0 Å². The van der Waals surface area contributed by atoms with E-state index in [1.54, 1.807) is 6.08 Å². The van der Waals surface area contributed by atoms with Crippen molar-refractivity contribution in [2.45, 2.75) is 12.2 Å². The van der Waals surface area contributed by atoms with E-state index in [9.17, 15) is 0 Å². The second-order valence-electron chi connectivity index (χ2n) is 1.98. The molecule has 3 nitrogen and oxygen atoms in total. The van der Waals surface area contributed by atoms with Crippen LogP contribution in [-0.4, -0.2) is 35.6 Å². The fourth-order valence-electron chi connectivity index (χ4n) is 0.755. The molecule has 0 aromatic rings. The van der Waals surface area contributed by atoms with E-state index in [-0.39, 0.29) is 12.7 Å². The smallest absolute Gasteiger partial charge is 0.107 e. The normalized spacial score (nSPS) is 28.9. The SMILES string of the molecule is OC[C@H](O)[C@@H]1C=CCO1. The quantitative estimate of drug-likeness (QED) is 0.486. The predicted octanol–water partition coefficient (Wildman–Crippen LogP) is -0.705. The second kappa shape index (κ2) is 2.96. The molecule has 0 bridgehead atoms. The molecular formula is C6H10O3. The summed E-state index contributed by atoms with van der Waals surface area (Å²) in [7, 11) is 0. The number of aliphatic hydroxyl groups excluding tert-OH is 2. The molecule has 0 spiro atoms. The van der Waals surface area contributed by atoms with Gasteiger partial charge in [0.25, 0.3) is 0 Å². The fraction of sp³-hybridized carbons (Fsp3) is 0.667. The average Bonchev–Trinajstić information content (AvgIpc) is 2.37. The van der Waals surface area contributed by atoms with Gasteiger partial charge in [-0.25, -0.2) is 0 Å². The maximum Gasteiger partial charge on any atom is 0.107 e. The van der Waals surface area contributed by atoms with E-state index < -0.39 is 6.10 Å². The minimum atomic E-state index is -0.760. The molecule has 0 aliphatic carbocycles. The van der Waals surface area contributed by atoms with E-state index >= 15 is 0 Å². The summed E-state index contributed by atoms with van der Waals surface area (Å²) in [4.78, 5) is 0. The minimum Gasteiger partial charge on any atom is -0.394 e. The molecule has 0 aromatic carbocycles. The van der Waals surface area contributed by atoms with Crippen molar-refractivity contribution >= 4 is 0 Å². The Morgan fingerprint density at radius 1 is 1.78 bits per heavy atom. The lowest BCUT2D eigenvalue weighted by Crippen LogP contribution is -2.27. The van der Waals surface area contributed by atoms with E-state index in [1.165, 1.54) is 0 Å². The van der Waals surface area contributed by atoms with Crippen LogP contribution in [-0.2, 0) is 4.74 Å². The third-order valence-electron chi connectivity index (χ3n) is 1.28. The largest absolute Gasteiger partial charge is 0.394 e. The van der Waals surface area contributed by atoms with Gasteiger partial charge >= 0.3 is 0 Å². The van der Waals surface area contributed by atoms with Gasteiger partial charge in [0.1, 0.15) is 12.2 Å². The zero-order chi connectivity index (χ0) is 6.69. The molecule has 0 saturated heterocycles. The van der Waals surface area contributed by atoms with Crippen LogP contribution in [0.4, 0.5) is 0 Å². The molecule has 0 unspecified atom stereocenters. The van der Waals surface area contributed by atoms with E-state index in [4.69, 9.17) is 14.9 Å². The summed E-state index contributed by atoms with van der Waals surface area (Å²) < 4.78 is 4.98. The Labute approximate surface area is 53.6 Å². The van der Waals surface area contributed by atoms with Crippen molar-refractivity contribution in [1.29, 1.82) is 0 Å². The van der Waals surface area contributed by atoms with Gasteiger partial charge in [-0.3, -0.25) is 0 Å². The van der Waals surface area contributed by atoms with Gasteiger partial charge in [0.15, 0.2) is 0 Å². The van der Waals surface area contributed by atoms with Gasteiger partial charge in [-0.2, -0.15) is 0 Å². The van der Waals surface area contributed by atoms with Crippen LogP contribution < -0.4 is 0 Å². The molecule has 2 N–H and O–H groups in total. The first kappa shape index (κ1) is 6.74. The highest BCUT2D eigenvalue weighted by Crippen LogP contribution is 2.06. The zero-order valence-corrected chi connectivity index (χ0v) is 5.03. The van der Waals surface area contributed by atoms with Crippen molar-refractivity contribution in [2.75, 3.05) is 13.2 Å². The molecular weight excluding hydrogens is 120 g/mol. The van der Waals surface area contributed by atoms with Crippen LogP contribution in [0.2, 0.25) is 0 Å². The summed E-state index contributed by atoms with van der Waals surface area (Å²) in [5.41, 5.74) is 0. The fourth-order valence-corrected chi connectivity index (χ4v) is 0.755. The van der Waals surface area contributed by atoms with Crippen LogP contribution in [0, 0.1) is 0 Å². The predicted molar refractivity (Wildman–Crippen MR) is 32.0 cm³/mol. The lowest BCUT2D eigenvalue weighted by molar-refractivity contribution is -0.0154. The molecule has 0 amide bonds. The summed E-state index contributed by atoms with van der Waals surface area (Å²) in [5, 5.41) is 17.4. The third kappa shape index (κ3) is 1.51. The molecule has 0 radical (unpaired) electrons. The van der Waals surface area contributed by atoms with Gasteiger partial charge in [-0.15, -0.1) is 0 Å². The topological polar surface area (TPSA) is 49.7 Å². The highest BCUT2D eigenvalue weighted by atomic mass is 16.5. The Hall–Kier alpha value is -0.380. The van der Waals surface area contributed by atoms with Gasteiger partial charge in [-0.1, -0.05) is 12.2 Å². The molecule has 1 rings (SSSR count). The van der Waals surface area contributed by atoms with E-state index in [2.05, 4.69) is 0 Å². The average molecular weight is 130 g/mol. The van der Waals surface area contributed by atoms with Crippen molar-refractivity contribution in [3.8, 4) is 0 Å². The van der Waals surface area contributed by atoms with Crippen LogP contribution >= 0.6 is 0 Å². The number of hydrogen-bond acceptors (Lipinski definition) is 3. The molecule has 2 atom stereocenters. The van der Waals surface area contributed by atoms with Crippen LogP contribution in [0.1, 0.15) is 0 Å². The van der Waals surface area contributed by atoms with Crippen molar-refractivity contribution in [2.24, 2.45) is 0 Å². The molecule has 52 valence electrons. The van der Waals surface area contributed by atoms with Crippen molar-refractivity contribution in [1.82, 2.24) is 0 Å². The zero-order valence-electron chi connectivity index (χ0n) is 5.03. The highest BCUT2D eigenvalue weighted by Gasteiger charge is 2.17. The Morgan fingerprint density at radius 2 is 2.56 bits per heavy atom.